The zero-order valence-electron chi connectivity index (χ0n) is 19.0. The van der Waals surface area contributed by atoms with E-state index in [4.69, 9.17) is 16.4 Å². The largest absolute Gasteiger partial charge is 0.440 e. The molecule has 1 saturated heterocycles. The Bertz CT molecular complexity index is 916. The quantitative estimate of drug-likeness (QED) is 0.274. The molecule has 1 unspecified atom stereocenters. The number of thioether (sulfide) groups is 1. The summed E-state index contributed by atoms with van der Waals surface area (Å²) >= 11 is 8.12. The Balaban J connectivity index is 1.85. The fourth-order valence-electron chi connectivity index (χ4n) is 2.64. The van der Waals surface area contributed by atoms with Crippen LogP contribution in [0.25, 0.3) is 0 Å². The zero-order valence-corrected chi connectivity index (χ0v) is 21.3. The third-order valence-corrected chi connectivity index (χ3v) is 6.87. The lowest BCUT2D eigenvalue weighted by Gasteiger charge is -2.25. The van der Waals surface area contributed by atoms with E-state index in [9.17, 15) is 14.4 Å². The Morgan fingerprint density at radius 3 is 2.53 bits per heavy atom. The predicted molar refractivity (Wildman–Crippen MR) is 128 cm³/mol. The average molecular weight is 503 g/mol. The lowest BCUT2D eigenvalue weighted by atomic mass is 10.2. The lowest BCUT2D eigenvalue weighted by molar-refractivity contribution is -0.132. The van der Waals surface area contributed by atoms with Crippen molar-refractivity contribution >= 4 is 65.6 Å². The second kappa shape index (κ2) is 10.6. The molecule has 1 heterocycles. The number of hydroxylamine groups is 1. The highest BCUT2D eigenvalue weighted by Gasteiger charge is 2.45. The predicted octanol–water partition coefficient (Wildman–Crippen LogP) is 3.70. The van der Waals surface area contributed by atoms with Gasteiger partial charge in [0.25, 0.3) is 0 Å². The third-order valence-electron chi connectivity index (χ3n) is 4.44. The van der Waals surface area contributed by atoms with Crippen LogP contribution < -0.4 is 5.48 Å². The van der Waals surface area contributed by atoms with Gasteiger partial charge < -0.3 is 9.74 Å². The molecule has 1 N–H and O–H groups in total. The third kappa shape index (κ3) is 6.44. The standard InChI is InChI=1S/C19H27ClN6O4S2/c1-12-10-13(20)8-9-14(12)21-11-23(4)17(28)25(6)32-26(7)18(29)30-22-16-24(5)15(27)19(2,3)31-16/h8-11,16,22H,1-7H3. The van der Waals surface area contributed by atoms with Crippen molar-refractivity contribution < 1.29 is 19.2 Å². The number of urea groups is 1. The number of rotatable bonds is 6. The van der Waals surface area contributed by atoms with Gasteiger partial charge in [-0.1, -0.05) is 11.6 Å². The summed E-state index contributed by atoms with van der Waals surface area (Å²) in [4.78, 5) is 49.1. The first-order valence-electron chi connectivity index (χ1n) is 9.47. The van der Waals surface area contributed by atoms with Crippen molar-refractivity contribution in [1.82, 2.24) is 23.9 Å². The molecular formula is C19H27ClN6O4S2. The van der Waals surface area contributed by atoms with E-state index in [0.29, 0.717) is 10.7 Å². The van der Waals surface area contributed by atoms with Crippen LogP contribution in [0.15, 0.2) is 23.2 Å². The highest BCUT2D eigenvalue weighted by molar-refractivity contribution is 8.02. The summed E-state index contributed by atoms with van der Waals surface area (Å²) in [5, 5.41) is 0.611. The van der Waals surface area contributed by atoms with Crippen LogP contribution in [0.1, 0.15) is 19.4 Å². The van der Waals surface area contributed by atoms with E-state index >= 15 is 0 Å². The summed E-state index contributed by atoms with van der Waals surface area (Å²) in [7, 11) is 6.16. The Hall–Kier alpha value is -2.15. The van der Waals surface area contributed by atoms with E-state index in [1.54, 1.807) is 46.1 Å². The number of hydrogen-bond acceptors (Lipinski definition) is 8. The van der Waals surface area contributed by atoms with Crippen molar-refractivity contribution in [3.63, 3.8) is 0 Å². The van der Waals surface area contributed by atoms with Gasteiger partial charge in [0.05, 0.1) is 28.9 Å². The topological polar surface area (TPSA) is 97.8 Å². The summed E-state index contributed by atoms with van der Waals surface area (Å²) in [5.74, 6) is -0.0670. The second-order valence-corrected chi connectivity index (χ2v) is 10.9. The fourth-order valence-corrected chi connectivity index (χ4v) is 4.69. The molecule has 4 amide bonds. The minimum absolute atomic E-state index is 0.0670. The maximum Gasteiger partial charge on any atom is 0.440 e. The van der Waals surface area contributed by atoms with Gasteiger partial charge in [-0.15, -0.1) is 17.2 Å². The molecule has 0 aliphatic carbocycles. The molecule has 1 aromatic carbocycles. The highest BCUT2D eigenvalue weighted by atomic mass is 35.5. The van der Waals surface area contributed by atoms with E-state index < -0.39 is 22.4 Å². The zero-order chi connectivity index (χ0) is 24.2. The van der Waals surface area contributed by atoms with E-state index in [-0.39, 0.29) is 5.91 Å². The molecule has 32 heavy (non-hydrogen) atoms. The Morgan fingerprint density at radius 1 is 1.31 bits per heavy atom. The number of carbonyl (C=O) groups is 3. The molecule has 2 rings (SSSR count). The number of nitrogens with one attached hydrogen (secondary N) is 1. The summed E-state index contributed by atoms with van der Waals surface area (Å²) in [6.07, 6.45) is 0.662. The van der Waals surface area contributed by atoms with Gasteiger partial charge in [0.1, 0.15) is 0 Å². The van der Waals surface area contributed by atoms with Crippen LogP contribution in [-0.2, 0) is 9.63 Å². The fraction of sp³-hybridized carbons (Fsp3) is 0.474. The maximum absolute atomic E-state index is 12.6. The molecule has 176 valence electrons. The number of carbonyl (C=O) groups excluding carboxylic acids is 3. The smallest absolute Gasteiger partial charge is 0.350 e. The molecule has 1 atom stereocenters. The maximum atomic E-state index is 12.6. The highest BCUT2D eigenvalue weighted by Crippen LogP contribution is 2.38. The van der Waals surface area contributed by atoms with Crippen LogP contribution >= 0.6 is 35.5 Å². The number of halogens is 1. The molecule has 1 aliphatic heterocycles. The van der Waals surface area contributed by atoms with Gasteiger partial charge in [-0.2, -0.15) is 0 Å². The normalized spacial score (nSPS) is 17.6. The van der Waals surface area contributed by atoms with Crippen molar-refractivity contribution in [2.75, 3.05) is 28.2 Å². The summed E-state index contributed by atoms with van der Waals surface area (Å²) in [5.41, 5.74) is 3.65. The lowest BCUT2D eigenvalue weighted by Crippen LogP contribution is -2.43. The van der Waals surface area contributed by atoms with Gasteiger partial charge in [0, 0.05) is 33.2 Å². The monoisotopic (exact) mass is 502 g/mol. The molecule has 0 spiro atoms. The molecule has 13 heteroatoms. The van der Waals surface area contributed by atoms with Gasteiger partial charge in [-0.25, -0.2) is 18.9 Å². The molecule has 0 saturated carbocycles. The molecule has 1 aliphatic rings. The van der Waals surface area contributed by atoms with Crippen LogP contribution in [0.2, 0.25) is 5.02 Å². The van der Waals surface area contributed by atoms with Crippen LogP contribution in [0.3, 0.4) is 0 Å². The van der Waals surface area contributed by atoms with Gasteiger partial charge in [-0.3, -0.25) is 14.0 Å². The Labute approximate surface area is 201 Å². The number of aliphatic imine (C=N–C) groups is 1. The summed E-state index contributed by atoms with van der Waals surface area (Å²) < 4.78 is 1.79. The van der Waals surface area contributed by atoms with E-state index in [1.807, 2.05) is 6.92 Å². The van der Waals surface area contributed by atoms with E-state index in [0.717, 1.165) is 22.0 Å². The van der Waals surface area contributed by atoms with Crippen LogP contribution in [0, 0.1) is 6.92 Å². The molecule has 1 fully saturated rings. The van der Waals surface area contributed by atoms with Crippen molar-refractivity contribution in [2.24, 2.45) is 4.99 Å². The number of nitrogens with zero attached hydrogens (tertiary/aromatic N) is 5. The molecule has 0 aromatic heterocycles. The molecule has 10 nitrogen and oxygen atoms in total. The minimum atomic E-state index is -0.728. The first kappa shape index (κ1) is 26.1. The minimum Gasteiger partial charge on any atom is -0.350 e. The molecule has 1 aromatic rings. The van der Waals surface area contributed by atoms with Gasteiger partial charge in [0.2, 0.25) is 5.91 Å². The van der Waals surface area contributed by atoms with Gasteiger partial charge in [-0.05, 0) is 44.5 Å². The van der Waals surface area contributed by atoms with Crippen LogP contribution in [-0.4, -0.2) is 81.2 Å². The Kier molecular flexibility index (Phi) is 8.68. The van der Waals surface area contributed by atoms with E-state index in [2.05, 4.69) is 10.5 Å². The summed E-state index contributed by atoms with van der Waals surface area (Å²) in [6, 6.07) is 4.86. The molecule has 0 radical (unpaired) electrons. The van der Waals surface area contributed by atoms with Crippen molar-refractivity contribution in [1.29, 1.82) is 0 Å². The van der Waals surface area contributed by atoms with E-state index in [1.165, 1.54) is 46.3 Å². The number of benzene rings is 1. The van der Waals surface area contributed by atoms with Gasteiger partial charge in [0.15, 0.2) is 5.50 Å². The van der Waals surface area contributed by atoms with Crippen LogP contribution in [0.4, 0.5) is 15.3 Å². The SMILES string of the molecule is Cc1cc(Cl)ccc1N=CN(C)C(=O)N(C)SN(C)C(=O)ONC1SC(C)(C)C(=O)N1C. The van der Waals surface area contributed by atoms with Crippen molar-refractivity contribution in [3.05, 3.63) is 28.8 Å². The molecular weight excluding hydrogens is 476 g/mol. The number of aryl methyl sites for hydroxylation is 1. The van der Waals surface area contributed by atoms with Crippen molar-refractivity contribution in [3.8, 4) is 0 Å². The molecule has 0 bridgehead atoms. The first-order valence-corrected chi connectivity index (χ1v) is 11.5. The Morgan fingerprint density at radius 2 is 1.97 bits per heavy atom. The number of amides is 4. The van der Waals surface area contributed by atoms with Gasteiger partial charge >= 0.3 is 12.1 Å². The first-order chi connectivity index (χ1) is 14.8. The average Bonchev–Trinajstić information content (AvgIpc) is 2.92. The second-order valence-electron chi connectivity index (χ2n) is 7.53. The summed E-state index contributed by atoms with van der Waals surface area (Å²) in [6.45, 7) is 5.48. The number of hydrogen-bond donors (Lipinski definition) is 1. The van der Waals surface area contributed by atoms with Crippen LogP contribution in [0.5, 0.6) is 0 Å². The van der Waals surface area contributed by atoms with Crippen molar-refractivity contribution in [2.45, 2.75) is 31.0 Å².